The summed E-state index contributed by atoms with van der Waals surface area (Å²) in [5, 5.41) is 8.58. The smallest absolute Gasteiger partial charge is 0.282 e. The van der Waals surface area contributed by atoms with Crippen molar-refractivity contribution in [2.75, 3.05) is 46.3 Å². The Morgan fingerprint density at radius 1 is 1.30 bits per heavy atom. The monoisotopic (exact) mass is 308 g/mol. The Hall–Kier alpha value is -0.740. The molecule has 0 aromatic carbocycles. The van der Waals surface area contributed by atoms with Crippen LogP contribution in [0.4, 0.5) is 0 Å². The Balaban J connectivity index is 2.78. The van der Waals surface area contributed by atoms with Gasteiger partial charge in [0.25, 0.3) is 16.1 Å². The summed E-state index contributed by atoms with van der Waals surface area (Å²) in [5.41, 5.74) is 1.48. The van der Waals surface area contributed by atoms with Gasteiger partial charge in [0.1, 0.15) is 0 Å². The van der Waals surface area contributed by atoms with E-state index in [2.05, 4.69) is 4.90 Å². The molecule has 0 bridgehead atoms. The fraction of sp³-hybridized carbons (Fsp3) is 0.909. The van der Waals surface area contributed by atoms with Gasteiger partial charge in [-0.3, -0.25) is 10.0 Å². The van der Waals surface area contributed by atoms with Gasteiger partial charge in [-0.2, -0.15) is 17.0 Å². The molecule has 8 nitrogen and oxygen atoms in total. The fourth-order valence-electron chi connectivity index (χ4n) is 1.99. The molecule has 0 radical (unpaired) electrons. The molecule has 20 heavy (non-hydrogen) atoms. The molecule has 0 atom stereocenters. The zero-order valence-electron chi connectivity index (χ0n) is 12.1. The van der Waals surface area contributed by atoms with Gasteiger partial charge in [-0.15, -0.1) is 0 Å². The fourth-order valence-corrected chi connectivity index (χ4v) is 3.58. The predicted octanol–water partition coefficient (Wildman–Crippen LogP) is -0.914. The minimum atomic E-state index is -3.66. The van der Waals surface area contributed by atoms with E-state index in [1.807, 2.05) is 14.0 Å². The van der Waals surface area contributed by atoms with Crippen LogP contribution in [0.2, 0.25) is 0 Å². The summed E-state index contributed by atoms with van der Waals surface area (Å²) in [6, 6.07) is 0. The number of nitrogens with zero attached hydrogens (tertiary/aromatic N) is 3. The van der Waals surface area contributed by atoms with Gasteiger partial charge in [0.05, 0.1) is 6.54 Å². The highest BCUT2D eigenvalue weighted by Crippen LogP contribution is 2.12. The van der Waals surface area contributed by atoms with E-state index < -0.39 is 16.1 Å². The van der Waals surface area contributed by atoms with Crippen molar-refractivity contribution < 1.29 is 18.4 Å². The molecule has 0 saturated carbocycles. The number of hydrogen-bond acceptors (Lipinski definition) is 5. The van der Waals surface area contributed by atoms with E-state index in [0.29, 0.717) is 32.6 Å². The largest absolute Gasteiger partial charge is 0.304 e. The second kappa shape index (κ2) is 7.89. The first kappa shape index (κ1) is 17.3. The Morgan fingerprint density at radius 2 is 1.90 bits per heavy atom. The highest BCUT2D eigenvalue weighted by Gasteiger charge is 2.32. The van der Waals surface area contributed by atoms with Crippen LogP contribution in [0, 0.1) is 0 Å². The number of nitrogens with one attached hydrogen (secondary N) is 1. The Bertz CT molecular complexity index is 407. The lowest BCUT2D eigenvalue weighted by Crippen LogP contribution is -2.53. The van der Waals surface area contributed by atoms with Crippen LogP contribution >= 0.6 is 0 Å². The van der Waals surface area contributed by atoms with Gasteiger partial charge in [-0.1, -0.05) is 13.3 Å². The summed E-state index contributed by atoms with van der Waals surface area (Å²) in [6.45, 7) is 4.06. The van der Waals surface area contributed by atoms with Crippen molar-refractivity contribution in [1.82, 2.24) is 19.0 Å². The minimum Gasteiger partial charge on any atom is -0.304 e. The number of hydroxylamine groups is 1. The van der Waals surface area contributed by atoms with Crippen molar-refractivity contribution in [3.05, 3.63) is 0 Å². The standard InChI is InChI=1S/C11H24N4O4S/c1-3-4-5-15(10-11(16)12-17)20(18,19)14-8-6-13(2)7-9-14/h17H,3-10H2,1-2H3,(H,12,16). The maximum atomic E-state index is 12.5. The van der Waals surface area contributed by atoms with Crippen molar-refractivity contribution in [3.8, 4) is 0 Å². The van der Waals surface area contributed by atoms with Gasteiger partial charge in [0, 0.05) is 32.7 Å². The van der Waals surface area contributed by atoms with Crippen molar-refractivity contribution in [3.63, 3.8) is 0 Å². The van der Waals surface area contributed by atoms with E-state index in [9.17, 15) is 13.2 Å². The normalized spacial score (nSPS) is 18.4. The van der Waals surface area contributed by atoms with Crippen LogP contribution in [-0.2, 0) is 15.0 Å². The molecule has 1 rings (SSSR count). The molecule has 2 N–H and O–H groups in total. The van der Waals surface area contributed by atoms with Gasteiger partial charge >= 0.3 is 0 Å². The summed E-state index contributed by atoms with van der Waals surface area (Å²) in [7, 11) is -1.71. The van der Waals surface area contributed by atoms with Crippen molar-refractivity contribution in [2.45, 2.75) is 19.8 Å². The van der Waals surface area contributed by atoms with Crippen LogP contribution in [0.1, 0.15) is 19.8 Å². The van der Waals surface area contributed by atoms with E-state index in [0.717, 1.165) is 10.7 Å². The molecule has 0 aromatic heterocycles. The van der Waals surface area contributed by atoms with Gasteiger partial charge in [-0.25, -0.2) is 5.48 Å². The highest BCUT2D eigenvalue weighted by molar-refractivity contribution is 7.86. The second-order valence-electron chi connectivity index (χ2n) is 4.93. The Morgan fingerprint density at radius 3 is 2.40 bits per heavy atom. The number of likely N-dealkylation sites (N-methyl/N-ethyl adjacent to an activating group) is 1. The van der Waals surface area contributed by atoms with Gasteiger partial charge in [-0.05, 0) is 13.5 Å². The zero-order valence-corrected chi connectivity index (χ0v) is 12.9. The van der Waals surface area contributed by atoms with Gasteiger partial charge in [0.15, 0.2) is 0 Å². The summed E-state index contributed by atoms with van der Waals surface area (Å²) in [5.74, 6) is -0.723. The number of hydrogen-bond donors (Lipinski definition) is 2. The maximum absolute atomic E-state index is 12.5. The SMILES string of the molecule is CCCCN(CC(=O)NO)S(=O)(=O)N1CCN(C)CC1. The van der Waals surface area contributed by atoms with Gasteiger partial charge < -0.3 is 4.90 Å². The third-order valence-corrected chi connectivity index (χ3v) is 5.30. The number of carbonyl (C=O) groups excluding carboxylic acids is 1. The summed E-state index contributed by atoms with van der Waals surface area (Å²) >= 11 is 0. The quantitative estimate of drug-likeness (QED) is 0.469. The lowest BCUT2D eigenvalue weighted by atomic mass is 10.3. The molecule has 0 spiro atoms. The van der Waals surface area contributed by atoms with Crippen LogP contribution in [0.3, 0.4) is 0 Å². The average molecular weight is 308 g/mol. The third-order valence-electron chi connectivity index (χ3n) is 3.32. The number of amides is 1. The molecule has 118 valence electrons. The molecule has 1 aliphatic rings. The number of unbranched alkanes of at least 4 members (excludes halogenated alkanes) is 1. The van der Waals surface area contributed by atoms with Crippen LogP contribution in [0.25, 0.3) is 0 Å². The highest BCUT2D eigenvalue weighted by atomic mass is 32.2. The van der Waals surface area contributed by atoms with Crippen molar-refractivity contribution in [2.24, 2.45) is 0 Å². The Kier molecular flexibility index (Phi) is 6.83. The molecule has 1 heterocycles. The molecule has 1 amide bonds. The first-order chi connectivity index (χ1) is 9.41. The first-order valence-corrected chi connectivity index (χ1v) is 8.18. The molecule has 1 aliphatic heterocycles. The molecule has 0 aromatic rings. The van der Waals surface area contributed by atoms with Crippen molar-refractivity contribution >= 4 is 16.1 Å². The predicted molar refractivity (Wildman–Crippen MR) is 74.4 cm³/mol. The zero-order chi connectivity index (χ0) is 15.2. The minimum absolute atomic E-state index is 0.276. The summed E-state index contributed by atoms with van der Waals surface area (Å²) in [4.78, 5) is 13.3. The van der Waals surface area contributed by atoms with E-state index >= 15 is 0 Å². The topological polar surface area (TPSA) is 93.2 Å². The number of rotatable bonds is 7. The molecule has 0 unspecified atom stereocenters. The molecular weight excluding hydrogens is 284 g/mol. The summed E-state index contributed by atoms with van der Waals surface area (Å²) < 4.78 is 27.6. The molecule has 1 saturated heterocycles. The number of piperazine rings is 1. The van der Waals surface area contributed by atoms with Crippen LogP contribution in [0.15, 0.2) is 0 Å². The van der Waals surface area contributed by atoms with Crippen LogP contribution < -0.4 is 5.48 Å². The van der Waals surface area contributed by atoms with E-state index in [1.54, 1.807) is 0 Å². The van der Waals surface area contributed by atoms with E-state index in [1.165, 1.54) is 9.79 Å². The average Bonchev–Trinajstić information content (AvgIpc) is 2.43. The molecule has 9 heteroatoms. The third kappa shape index (κ3) is 4.67. The van der Waals surface area contributed by atoms with Crippen LogP contribution in [-0.4, -0.2) is 79.4 Å². The van der Waals surface area contributed by atoms with E-state index in [-0.39, 0.29) is 13.1 Å². The van der Waals surface area contributed by atoms with E-state index in [4.69, 9.17) is 5.21 Å². The lowest BCUT2D eigenvalue weighted by Gasteiger charge is -2.35. The maximum Gasteiger partial charge on any atom is 0.282 e. The Labute approximate surface area is 120 Å². The molecule has 0 aliphatic carbocycles. The second-order valence-corrected chi connectivity index (χ2v) is 6.86. The van der Waals surface area contributed by atoms with Crippen molar-refractivity contribution in [1.29, 1.82) is 0 Å². The lowest BCUT2D eigenvalue weighted by molar-refractivity contribution is -0.129. The number of carbonyl (C=O) groups is 1. The van der Waals surface area contributed by atoms with Gasteiger partial charge in [0.2, 0.25) is 0 Å². The first-order valence-electron chi connectivity index (χ1n) is 6.78. The molecule has 1 fully saturated rings. The summed E-state index contributed by atoms with van der Waals surface area (Å²) in [6.07, 6.45) is 1.50. The molecular formula is C11H24N4O4S. The van der Waals surface area contributed by atoms with Crippen LogP contribution in [0.5, 0.6) is 0 Å².